The Kier molecular flexibility index (Phi) is 10.2. The van der Waals surface area contributed by atoms with Crippen molar-refractivity contribution in [2.75, 3.05) is 0 Å². The highest BCUT2D eigenvalue weighted by molar-refractivity contribution is 5.85. The lowest BCUT2D eigenvalue weighted by molar-refractivity contribution is 0.758. The quantitative estimate of drug-likeness (QED) is 0.146. The first-order valence-electron chi connectivity index (χ1n) is 20.3. The van der Waals surface area contributed by atoms with E-state index in [1.54, 1.807) is 0 Å². The second kappa shape index (κ2) is 16.2. The molecule has 57 heavy (non-hydrogen) atoms. The van der Waals surface area contributed by atoms with Gasteiger partial charge in [0, 0.05) is 5.70 Å². The fourth-order valence-corrected chi connectivity index (χ4v) is 8.48. The lowest BCUT2D eigenvalue weighted by Gasteiger charge is -2.28. The van der Waals surface area contributed by atoms with Crippen LogP contribution in [0.15, 0.2) is 223 Å². The molecule has 5 aromatic carbocycles. The predicted octanol–water partition coefficient (Wildman–Crippen LogP) is 14.4. The Hall–Kier alpha value is -6.70. The number of hydrogen-bond acceptors (Lipinski definition) is 1. The zero-order chi connectivity index (χ0) is 38.6. The fraction of sp³-hybridized carbons (Fsp3) is 0.107. The molecule has 3 aliphatic carbocycles. The molecule has 0 saturated carbocycles. The molecular weight excluding hydrogens is 687 g/mol. The maximum absolute atomic E-state index is 4.29. The molecule has 1 heteroatoms. The fourth-order valence-electron chi connectivity index (χ4n) is 8.48. The molecule has 276 valence electrons. The molecule has 1 N–H and O–H groups in total. The lowest BCUT2D eigenvalue weighted by atomic mass is 9.88. The Morgan fingerprint density at radius 2 is 1.44 bits per heavy atom. The first kappa shape index (κ1) is 36.0. The minimum absolute atomic E-state index is 0.00931. The van der Waals surface area contributed by atoms with Gasteiger partial charge in [-0.2, -0.15) is 0 Å². The summed E-state index contributed by atoms with van der Waals surface area (Å²) in [4.78, 5) is 0. The van der Waals surface area contributed by atoms with Crippen LogP contribution in [0.2, 0.25) is 0 Å². The molecule has 1 nitrogen and oxygen atoms in total. The van der Waals surface area contributed by atoms with E-state index in [1.807, 2.05) is 25.2 Å². The number of dihydropyridines is 1. The summed E-state index contributed by atoms with van der Waals surface area (Å²) in [5.74, 6) is 0. The van der Waals surface area contributed by atoms with Gasteiger partial charge in [0.15, 0.2) is 0 Å². The summed E-state index contributed by atoms with van der Waals surface area (Å²) >= 11 is 0. The Morgan fingerprint density at radius 3 is 2.25 bits per heavy atom. The molecule has 0 radical (unpaired) electrons. The van der Waals surface area contributed by atoms with Gasteiger partial charge in [0.1, 0.15) is 0 Å². The van der Waals surface area contributed by atoms with Gasteiger partial charge in [0.05, 0.1) is 6.04 Å². The third-order valence-electron chi connectivity index (χ3n) is 11.5. The van der Waals surface area contributed by atoms with E-state index in [1.165, 1.54) is 77.9 Å². The van der Waals surface area contributed by atoms with Crippen molar-refractivity contribution in [2.45, 2.75) is 38.6 Å². The van der Waals surface area contributed by atoms with E-state index in [4.69, 9.17) is 0 Å². The molecule has 1 atom stereocenters. The summed E-state index contributed by atoms with van der Waals surface area (Å²) in [6, 6.07) is 42.4. The smallest absolute Gasteiger partial charge is 0.0713 e. The molecule has 0 saturated heterocycles. The van der Waals surface area contributed by atoms with Crippen LogP contribution in [0.3, 0.4) is 0 Å². The number of allylic oxidation sites excluding steroid dienone is 17. The lowest BCUT2D eigenvalue weighted by Crippen LogP contribution is -2.23. The minimum atomic E-state index is 0.00931. The predicted molar refractivity (Wildman–Crippen MR) is 243 cm³/mol. The third kappa shape index (κ3) is 7.62. The summed E-state index contributed by atoms with van der Waals surface area (Å²) in [6.45, 7) is 6.31. The van der Waals surface area contributed by atoms with E-state index < -0.39 is 0 Å². The highest BCUT2D eigenvalue weighted by Crippen LogP contribution is 2.45. The van der Waals surface area contributed by atoms with E-state index in [0.717, 1.165) is 42.5 Å². The van der Waals surface area contributed by atoms with E-state index >= 15 is 0 Å². The van der Waals surface area contributed by atoms with Gasteiger partial charge in [0.2, 0.25) is 0 Å². The molecule has 1 unspecified atom stereocenters. The molecule has 0 fully saturated rings. The van der Waals surface area contributed by atoms with Gasteiger partial charge in [0.25, 0.3) is 0 Å². The van der Waals surface area contributed by atoms with Crippen molar-refractivity contribution in [1.82, 2.24) is 5.32 Å². The van der Waals surface area contributed by atoms with Gasteiger partial charge in [-0.15, -0.1) is 0 Å². The average molecular weight is 734 g/mol. The van der Waals surface area contributed by atoms with Crippen LogP contribution in [0.5, 0.6) is 0 Å². The van der Waals surface area contributed by atoms with Gasteiger partial charge in [-0.1, -0.05) is 183 Å². The molecule has 4 aliphatic rings. The van der Waals surface area contributed by atoms with E-state index in [2.05, 4.69) is 188 Å². The Morgan fingerprint density at radius 1 is 0.667 bits per heavy atom. The highest BCUT2D eigenvalue weighted by atomic mass is 14.9. The zero-order valence-electron chi connectivity index (χ0n) is 32.6. The summed E-state index contributed by atoms with van der Waals surface area (Å²) in [5, 5.41) is 3.98. The Bertz CT molecular complexity index is 2640. The number of rotatable bonds is 9. The maximum Gasteiger partial charge on any atom is 0.0713 e. The second-order valence-electron chi connectivity index (χ2n) is 15.2. The van der Waals surface area contributed by atoms with Crippen LogP contribution < -0.4 is 5.32 Å². The maximum atomic E-state index is 4.29. The summed E-state index contributed by atoms with van der Waals surface area (Å²) in [7, 11) is 0. The largest absolute Gasteiger partial charge is 0.374 e. The van der Waals surface area contributed by atoms with Crippen LogP contribution >= 0.6 is 0 Å². The van der Waals surface area contributed by atoms with E-state index in [0.29, 0.717) is 0 Å². The summed E-state index contributed by atoms with van der Waals surface area (Å²) in [6.07, 6.45) is 33.2. The average Bonchev–Trinajstić information content (AvgIpc) is 3.47. The van der Waals surface area contributed by atoms with Crippen LogP contribution in [-0.2, 0) is 6.42 Å². The summed E-state index contributed by atoms with van der Waals surface area (Å²) in [5.41, 5.74) is 21.3. The van der Waals surface area contributed by atoms with Crippen LogP contribution in [0.1, 0.15) is 60.0 Å². The molecule has 9 rings (SSSR count). The first-order valence-corrected chi connectivity index (χ1v) is 20.3. The second-order valence-corrected chi connectivity index (χ2v) is 15.2. The standard InChI is InChI=1S/C56H47N/c1-3-4-7-15-39(2)46-22-13-23-47(34-46)43-28-30-44(31-29-43)48-32-33-49-35-50-24-14-25-52(56(50)53(49)36-48)55-38-51(37-54(57-55)45-18-10-6-11-19-45)42-21-12-20-41(26-27-42)40-16-8-5-9-17-40/h3-4,6-8,10-20,22-34,36-38,55,57H,2,5,9,21,35H2,1H3/b4-3-,15-7-. The normalized spacial score (nSPS) is 17.2. The van der Waals surface area contributed by atoms with Crippen molar-refractivity contribution in [2.24, 2.45) is 0 Å². The molecule has 1 aliphatic heterocycles. The molecule has 0 spiro atoms. The Labute approximate surface area is 338 Å². The number of nitrogens with one attached hydrogen (secondary N) is 1. The van der Waals surface area contributed by atoms with Crippen molar-refractivity contribution < 1.29 is 0 Å². The van der Waals surface area contributed by atoms with E-state index in [-0.39, 0.29) is 6.04 Å². The number of hydrogen-bond donors (Lipinski definition) is 1. The van der Waals surface area contributed by atoms with E-state index in [9.17, 15) is 0 Å². The van der Waals surface area contributed by atoms with Gasteiger partial charge in [-0.3, -0.25) is 0 Å². The van der Waals surface area contributed by atoms with Gasteiger partial charge in [-0.25, -0.2) is 0 Å². The van der Waals surface area contributed by atoms with Crippen LogP contribution in [0, 0.1) is 0 Å². The number of fused-ring (bicyclic) bond motifs is 3. The SMILES string of the molecule is C=C(/C=C\C=C/C)c1cccc(-c2ccc(-c3ccc4c(c3)-c3c(cccc3C3C=C(C5=CC=C(C6=CCCC=C6)C=CC5)C=C(c5ccccc5)N3)C4)cc2)c1. The van der Waals surface area contributed by atoms with Crippen molar-refractivity contribution in [3.63, 3.8) is 0 Å². The van der Waals surface area contributed by atoms with Crippen LogP contribution in [0.25, 0.3) is 44.7 Å². The highest BCUT2D eigenvalue weighted by Gasteiger charge is 2.27. The van der Waals surface area contributed by atoms with Crippen LogP contribution in [0.4, 0.5) is 0 Å². The minimum Gasteiger partial charge on any atom is -0.374 e. The van der Waals surface area contributed by atoms with Gasteiger partial charge >= 0.3 is 0 Å². The Balaban J connectivity index is 1.04. The van der Waals surface area contributed by atoms with Gasteiger partial charge in [-0.05, 0) is 140 Å². The molecule has 5 aromatic rings. The van der Waals surface area contributed by atoms with Crippen molar-refractivity contribution in [3.8, 4) is 33.4 Å². The third-order valence-corrected chi connectivity index (χ3v) is 11.5. The zero-order valence-corrected chi connectivity index (χ0v) is 32.6. The molecule has 0 bridgehead atoms. The number of benzene rings is 5. The topological polar surface area (TPSA) is 12.0 Å². The molecule has 0 amide bonds. The van der Waals surface area contributed by atoms with Gasteiger partial charge < -0.3 is 5.32 Å². The molecule has 0 aromatic heterocycles. The first-order chi connectivity index (χ1) is 28.1. The van der Waals surface area contributed by atoms with Crippen LogP contribution in [-0.4, -0.2) is 0 Å². The molecular formula is C56H47N. The molecule has 1 heterocycles. The summed E-state index contributed by atoms with van der Waals surface area (Å²) < 4.78 is 0. The van der Waals surface area contributed by atoms with Crippen molar-refractivity contribution in [3.05, 3.63) is 251 Å². The van der Waals surface area contributed by atoms with Crippen molar-refractivity contribution >= 4 is 11.3 Å². The van der Waals surface area contributed by atoms with Crippen molar-refractivity contribution in [1.29, 1.82) is 0 Å². The monoisotopic (exact) mass is 733 g/mol.